The van der Waals surface area contributed by atoms with Crippen molar-refractivity contribution in [1.82, 2.24) is 24.8 Å². The van der Waals surface area contributed by atoms with E-state index in [2.05, 4.69) is 19.9 Å². The fourth-order valence-corrected chi connectivity index (χ4v) is 2.44. The van der Waals surface area contributed by atoms with Crippen molar-refractivity contribution in [3.05, 3.63) is 42.4 Å². The SMILES string of the molecule is N#Cc1nccnc1O[C@@H]1CCCN(C(=O)c2cnccn2)C1. The third-order valence-electron chi connectivity index (χ3n) is 3.50. The molecule has 3 heterocycles. The van der Waals surface area contributed by atoms with Crippen LogP contribution in [0.5, 0.6) is 5.88 Å². The minimum Gasteiger partial charge on any atom is -0.470 e. The second kappa shape index (κ2) is 6.79. The first-order valence-corrected chi connectivity index (χ1v) is 7.21. The molecule has 0 aliphatic carbocycles. The number of aromatic nitrogens is 4. The quantitative estimate of drug-likeness (QED) is 0.826. The smallest absolute Gasteiger partial charge is 0.274 e. The Bertz CT molecular complexity index is 730. The molecule has 3 rings (SSSR count). The molecule has 1 saturated heterocycles. The van der Waals surface area contributed by atoms with E-state index in [1.807, 2.05) is 6.07 Å². The molecule has 2 aromatic rings. The molecule has 2 aromatic heterocycles. The Morgan fingerprint density at radius 3 is 2.87 bits per heavy atom. The van der Waals surface area contributed by atoms with Gasteiger partial charge in [-0.15, -0.1) is 0 Å². The van der Waals surface area contributed by atoms with E-state index in [0.717, 1.165) is 12.8 Å². The average molecular weight is 310 g/mol. The molecule has 116 valence electrons. The minimum absolute atomic E-state index is 0.143. The summed E-state index contributed by atoms with van der Waals surface area (Å²) in [6, 6.07) is 1.95. The van der Waals surface area contributed by atoms with E-state index >= 15 is 0 Å². The zero-order valence-electron chi connectivity index (χ0n) is 12.3. The van der Waals surface area contributed by atoms with Gasteiger partial charge in [-0.25, -0.2) is 15.0 Å². The zero-order chi connectivity index (χ0) is 16.1. The number of carbonyl (C=O) groups excluding carboxylic acids is 1. The molecule has 1 aliphatic rings. The molecule has 0 saturated carbocycles. The molecule has 1 fully saturated rings. The van der Waals surface area contributed by atoms with Gasteiger partial charge >= 0.3 is 0 Å². The highest BCUT2D eigenvalue weighted by atomic mass is 16.5. The van der Waals surface area contributed by atoms with Crippen molar-refractivity contribution in [2.45, 2.75) is 18.9 Å². The van der Waals surface area contributed by atoms with Crippen molar-refractivity contribution < 1.29 is 9.53 Å². The predicted octanol–water partition coefficient (Wildman–Crippen LogP) is 0.822. The Labute approximate surface area is 132 Å². The maximum absolute atomic E-state index is 12.4. The number of amides is 1. The second-order valence-electron chi connectivity index (χ2n) is 5.05. The first kappa shape index (κ1) is 14.8. The van der Waals surface area contributed by atoms with Crippen LogP contribution in [0.15, 0.2) is 31.0 Å². The van der Waals surface area contributed by atoms with Gasteiger partial charge in [0.1, 0.15) is 17.9 Å². The number of hydrogen-bond acceptors (Lipinski definition) is 7. The van der Waals surface area contributed by atoms with Crippen LogP contribution in [0.3, 0.4) is 0 Å². The molecule has 1 amide bonds. The summed E-state index contributed by atoms with van der Waals surface area (Å²) in [5.41, 5.74) is 0.454. The Morgan fingerprint density at radius 2 is 2.09 bits per heavy atom. The van der Waals surface area contributed by atoms with Gasteiger partial charge in [0, 0.05) is 31.3 Å². The van der Waals surface area contributed by atoms with Crippen molar-refractivity contribution in [3.63, 3.8) is 0 Å². The highest BCUT2D eigenvalue weighted by molar-refractivity contribution is 5.92. The zero-order valence-corrected chi connectivity index (χ0v) is 12.3. The average Bonchev–Trinajstić information content (AvgIpc) is 2.62. The Balaban J connectivity index is 1.69. The highest BCUT2D eigenvalue weighted by Crippen LogP contribution is 2.19. The lowest BCUT2D eigenvalue weighted by molar-refractivity contribution is 0.0520. The molecule has 0 unspecified atom stereocenters. The summed E-state index contributed by atoms with van der Waals surface area (Å²) in [4.78, 5) is 30.0. The van der Waals surface area contributed by atoms with Gasteiger partial charge < -0.3 is 9.64 Å². The maximum Gasteiger partial charge on any atom is 0.274 e. The van der Waals surface area contributed by atoms with Crippen LogP contribution in [0.2, 0.25) is 0 Å². The van der Waals surface area contributed by atoms with Gasteiger partial charge in [0.25, 0.3) is 11.8 Å². The second-order valence-corrected chi connectivity index (χ2v) is 5.05. The summed E-state index contributed by atoms with van der Waals surface area (Å²) < 4.78 is 5.77. The Hall–Kier alpha value is -3.08. The Kier molecular flexibility index (Phi) is 4.38. The summed E-state index contributed by atoms with van der Waals surface area (Å²) in [6.45, 7) is 1.05. The molecule has 0 bridgehead atoms. The molecular weight excluding hydrogens is 296 g/mol. The molecule has 0 radical (unpaired) electrons. The van der Waals surface area contributed by atoms with Crippen molar-refractivity contribution >= 4 is 5.91 Å². The largest absolute Gasteiger partial charge is 0.470 e. The van der Waals surface area contributed by atoms with E-state index in [4.69, 9.17) is 10.00 Å². The van der Waals surface area contributed by atoms with Crippen LogP contribution in [0.4, 0.5) is 0 Å². The van der Waals surface area contributed by atoms with E-state index in [0.29, 0.717) is 18.8 Å². The van der Waals surface area contributed by atoms with Crippen LogP contribution in [0, 0.1) is 11.3 Å². The van der Waals surface area contributed by atoms with Gasteiger partial charge in [-0.1, -0.05) is 0 Å². The van der Waals surface area contributed by atoms with Crippen molar-refractivity contribution in [2.75, 3.05) is 13.1 Å². The molecule has 0 aromatic carbocycles. The number of nitriles is 1. The summed E-state index contributed by atoms with van der Waals surface area (Å²) >= 11 is 0. The number of piperidine rings is 1. The molecule has 8 heteroatoms. The fourth-order valence-electron chi connectivity index (χ4n) is 2.44. The van der Waals surface area contributed by atoms with E-state index < -0.39 is 0 Å². The lowest BCUT2D eigenvalue weighted by Crippen LogP contribution is -2.44. The number of carbonyl (C=O) groups is 1. The third-order valence-corrected chi connectivity index (χ3v) is 3.50. The molecule has 0 spiro atoms. The van der Waals surface area contributed by atoms with Crippen LogP contribution in [0.1, 0.15) is 29.0 Å². The standard InChI is InChI=1S/C15H14N6O2/c16-8-12-14(20-6-5-18-12)23-11-2-1-7-21(10-11)15(22)13-9-17-3-4-19-13/h3-6,9,11H,1-2,7,10H2/t11-/m1/s1. The number of likely N-dealkylation sites (tertiary alicyclic amines) is 1. The van der Waals surface area contributed by atoms with Crippen molar-refractivity contribution in [3.8, 4) is 11.9 Å². The molecular formula is C15H14N6O2. The van der Waals surface area contributed by atoms with Gasteiger partial charge in [-0.05, 0) is 12.8 Å². The molecule has 8 nitrogen and oxygen atoms in total. The molecule has 23 heavy (non-hydrogen) atoms. The summed E-state index contributed by atoms with van der Waals surface area (Å²) in [5, 5.41) is 9.02. The highest BCUT2D eigenvalue weighted by Gasteiger charge is 2.27. The topological polar surface area (TPSA) is 105 Å². The van der Waals surface area contributed by atoms with Gasteiger partial charge in [0.15, 0.2) is 0 Å². The minimum atomic E-state index is -0.229. The third kappa shape index (κ3) is 3.40. The van der Waals surface area contributed by atoms with Gasteiger partial charge in [-0.3, -0.25) is 9.78 Å². The lowest BCUT2D eigenvalue weighted by Gasteiger charge is -2.32. The number of hydrogen-bond donors (Lipinski definition) is 0. The van der Waals surface area contributed by atoms with E-state index in [1.165, 1.54) is 31.0 Å². The van der Waals surface area contributed by atoms with Crippen molar-refractivity contribution in [1.29, 1.82) is 5.26 Å². The predicted molar refractivity (Wildman–Crippen MR) is 78.3 cm³/mol. The lowest BCUT2D eigenvalue weighted by atomic mass is 10.1. The van der Waals surface area contributed by atoms with Gasteiger partial charge in [0.05, 0.1) is 12.7 Å². The maximum atomic E-state index is 12.4. The molecule has 1 atom stereocenters. The summed E-state index contributed by atoms with van der Waals surface area (Å²) in [6.07, 6.45) is 8.74. The van der Waals surface area contributed by atoms with Crippen LogP contribution >= 0.6 is 0 Å². The Morgan fingerprint density at radius 1 is 1.26 bits per heavy atom. The van der Waals surface area contributed by atoms with Crippen LogP contribution in [-0.2, 0) is 0 Å². The number of ether oxygens (including phenoxy) is 1. The van der Waals surface area contributed by atoms with Gasteiger partial charge in [-0.2, -0.15) is 5.26 Å². The summed E-state index contributed by atoms with van der Waals surface area (Å²) in [7, 11) is 0. The van der Waals surface area contributed by atoms with Gasteiger partial charge in [0.2, 0.25) is 5.69 Å². The normalized spacial score (nSPS) is 17.3. The van der Waals surface area contributed by atoms with Crippen LogP contribution in [-0.4, -0.2) is 49.9 Å². The van der Waals surface area contributed by atoms with Crippen LogP contribution < -0.4 is 4.74 Å². The first-order valence-electron chi connectivity index (χ1n) is 7.21. The van der Waals surface area contributed by atoms with E-state index in [9.17, 15) is 4.79 Å². The van der Waals surface area contributed by atoms with Crippen molar-refractivity contribution in [2.24, 2.45) is 0 Å². The fraction of sp³-hybridized carbons (Fsp3) is 0.333. The first-order chi connectivity index (χ1) is 11.3. The van der Waals surface area contributed by atoms with Crippen LogP contribution in [0.25, 0.3) is 0 Å². The monoisotopic (exact) mass is 310 g/mol. The van der Waals surface area contributed by atoms with E-state index in [1.54, 1.807) is 4.90 Å². The summed E-state index contributed by atoms with van der Waals surface area (Å²) in [5.74, 6) is 0.0276. The molecule has 1 aliphatic heterocycles. The number of rotatable bonds is 3. The number of nitrogens with zero attached hydrogens (tertiary/aromatic N) is 6. The van der Waals surface area contributed by atoms with E-state index in [-0.39, 0.29) is 23.6 Å². The molecule has 0 N–H and O–H groups in total.